The molecule has 22 heavy (non-hydrogen) atoms. The van der Waals surface area contributed by atoms with Gasteiger partial charge in [0, 0.05) is 12.6 Å². The predicted molar refractivity (Wildman–Crippen MR) is 87.6 cm³/mol. The summed E-state index contributed by atoms with van der Waals surface area (Å²) in [6.07, 6.45) is -1.71. The first-order valence-corrected chi connectivity index (χ1v) is 9.82. The van der Waals surface area contributed by atoms with Gasteiger partial charge < -0.3 is 15.1 Å². The third-order valence-corrected chi connectivity index (χ3v) is 5.57. The molecule has 1 aromatic rings. The fourth-order valence-corrected chi connectivity index (χ4v) is 4.17. The zero-order valence-electron chi connectivity index (χ0n) is 12.0. The number of carboxylic acids is 2. The van der Waals surface area contributed by atoms with Gasteiger partial charge in [0.05, 0.1) is 0 Å². The van der Waals surface area contributed by atoms with E-state index in [1.54, 1.807) is 0 Å². The predicted octanol–water partition coefficient (Wildman–Crippen LogP) is 1.83. The van der Waals surface area contributed by atoms with Crippen molar-refractivity contribution in [1.29, 1.82) is 0 Å². The number of carbonyl (C=O) groups is 2. The van der Waals surface area contributed by atoms with Crippen molar-refractivity contribution in [2.24, 2.45) is 0 Å². The quantitative estimate of drug-likeness (QED) is 0.479. The van der Waals surface area contributed by atoms with Crippen molar-refractivity contribution in [1.82, 2.24) is 5.09 Å². The molecule has 0 bridgehead atoms. The van der Waals surface area contributed by atoms with Gasteiger partial charge in [-0.25, -0.2) is 0 Å². The van der Waals surface area contributed by atoms with Crippen LogP contribution < -0.4 is 5.09 Å². The summed E-state index contributed by atoms with van der Waals surface area (Å²) in [5.41, 5.74) is 1.12. The molecule has 0 aliphatic heterocycles. The Hall–Kier alpha value is -1.27. The fraction of sp³-hybridized carbons (Fsp3) is 0.429. The summed E-state index contributed by atoms with van der Waals surface area (Å²) in [5, 5.41) is 20.2. The van der Waals surface area contributed by atoms with E-state index in [0.717, 1.165) is 12.0 Å². The van der Waals surface area contributed by atoms with Gasteiger partial charge in [0.2, 0.25) is 0 Å². The molecule has 8 heteroatoms. The van der Waals surface area contributed by atoms with Crippen LogP contribution in [0.25, 0.3) is 0 Å². The van der Waals surface area contributed by atoms with Crippen molar-refractivity contribution < 1.29 is 24.7 Å². The van der Waals surface area contributed by atoms with E-state index in [2.05, 4.69) is 5.09 Å². The van der Waals surface area contributed by atoms with Crippen LogP contribution in [0.5, 0.6) is 0 Å². The number of aryl methyl sites for hydroxylation is 1. The van der Waals surface area contributed by atoms with Gasteiger partial charge in [0.15, 0.2) is 0 Å². The Morgan fingerprint density at radius 2 is 1.86 bits per heavy atom. The molecule has 1 rings (SSSR count). The third kappa shape index (κ3) is 7.66. The number of carboxylic acid groups (broad SMARTS) is 2. The van der Waals surface area contributed by atoms with E-state index in [0.29, 0.717) is 12.6 Å². The van der Waals surface area contributed by atoms with Crippen LogP contribution in [0.2, 0.25) is 0 Å². The van der Waals surface area contributed by atoms with Gasteiger partial charge in [-0.15, -0.1) is 0 Å². The molecular formula is C14H20NO5PS. The summed E-state index contributed by atoms with van der Waals surface area (Å²) in [4.78, 5) is 31.8. The Kier molecular flexibility index (Phi) is 7.68. The van der Waals surface area contributed by atoms with Crippen LogP contribution in [0.15, 0.2) is 30.3 Å². The number of aliphatic carboxylic acids is 2. The SMILES string of the molecule is O=C(O)CCC(NP(O)(=S)CCCc1ccccc1)C(=O)O. The van der Waals surface area contributed by atoms with Gasteiger partial charge in [-0.1, -0.05) is 42.1 Å². The van der Waals surface area contributed by atoms with E-state index >= 15 is 0 Å². The van der Waals surface area contributed by atoms with Crippen molar-refractivity contribution >= 4 is 30.2 Å². The summed E-state index contributed by atoms with van der Waals surface area (Å²) in [5.74, 6) is -2.28. The lowest BCUT2D eigenvalue weighted by atomic mass is 10.1. The molecule has 0 spiro atoms. The molecule has 0 saturated heterocycles. The zero-order valence-corrected chi connectivity index (χ0v) is 13.7. The Labute approximate surface area is 134 Å². The molecule has 2 unspecified atom stereocenters. The number of hydrogen-bond donors (Lipinski definition) is 4. The van der Waals surface area contributed by atoms with Crippen LogP contribution in [-0.2, 0) is 27.8 Å². The molecular weight excluding hydrogens is 325 g/mol. The van der Waals surface area contributed by atoms with Crippen LogP contribution in [0.1, 0.15) is 24.8 Å². The second-order valence-electron chi connectivity index (χ2n) is 4.97. The lowest BCUT2D eigenvalue weighted by Crippen LogP contribution is -2.35. The molecule has 6 nitrogen and oxygen atoms in total. The average Bonchev–Trinajstić information content (AvgIpc) is 2.44. The second kappa shape index (κ2) is 9.00. The minimum Gasteiger partial charge on any atom is -0.481 e. The first-order chi connectivity index (χ1) is 10.3. The van der Waals surface area contributed by atoms with Gasteiger partial charge in [-0.2, -0.15) is 0 Å². The summed E-state index contributed by atoms with van der Waals surface area (Å²) >= 11 is 5.08. The molecule has 4 N–H and O–H groups in total. The maximum absolute atomic E-state index is 11.1. The van der Waals surface area contributed by atoms with Gasteiger partial charge in [0.25, 0.3) is 0 Å². The Balaban J connectivity index is 2.47. The lowest BCUT2D eigenvalue weighted by Gasteiger charge is -2.22. The molecule has 0 aromatic heterocycles. The van der Waals surface area contributed by atoms with E-state index in [1.807, 2.05) is 30.3 Å². The summed E-state index contributed by atoms with van der Waals surface area (Å²) in [6, 6.07) is 8.58. The highest BCUT2D eigenvalue weighted by molar-refractivity contribution is 8.10. The van der Waals surface area contributed by atoms with E-state index < -0.39 is 24.4 Å². The average molecular weight is 345 g/mol. The minimum absolute atomic E-state index is 0.109. The molecule has 0 aliphatic rings. The van der Waals surface area contributed by atoms with Gasteiger partial charge in [0.1, 0.15) is 12.5 Å². The Morgan fingerprint density at radius 3 is 2.41 bits per heavy atom. The number of benzene rings is 1. The molecule has 0 heterocycles. The fourth-order valence-electron chi connectivity index (χ4n) is 1.96. The standard InChI is InChI=1S/C14H20NO5PS/c16-13(17)9-8-12(14(18)19)15-21(20,22)10-4-7-11-5-2-1-3-6-11/h1-3,5-6,12H,4,7-10H2,(H,16,17)(H,18,19)(H2,15,20,22). The highest BCUT2D eigenvalue weighted by atomic mass is 32.4. The van der Waals surface area contributed by atoms with Crippen molar-refractivity contribution in [3.63, 3.8) is 0 Å². The second-order valence-corrected chi connectivity index (χ2v) is 8.89. The van der Waals surface area contributed by atoms with E-state index in [9.17, 15) is 14.5 Å². The molecule has 0 fully saturated rings. The van der Waals surface area contributed by atoms with Crippen molar-refractivity contribution in [3.05, 3.63) is 35.9 Å². The number of rotatable bonds is 10. The smallest absolute Gasteiger partial charge is 0.321 e. The van der Waals surface area contributed by atoms with Crippen LogP contribution in [0, 0.1) is 0 Å². The monoisotopic (exact) mass is 345 g/mol. The zero-order chi connectivity index (χ0) is 16.6. The molecule has 0 saturated carbocycles. The van der Waals surface area contributed by atoms with Crippen molar-refractivity contribution in [3.8, 4) is 0 Å². The molecule has 0 radical (unpaired) electrons. The highest BCUT2D eigenvalue weighted by Crippen LogP contribution is 2.38. The highest BCUT2D eigenvalue weighted by Gasteiger charge is 2.24. The third-order valence-electron chi connectivity index (χ3n) is 3.07. The van der Waals surface area contributed by atoms with Crippen LogP contribution >= 0.6 is 6.42 Å². The van der Waals surface area contributed by atoms with Crippen LogP contribution in [-0.4, -0.2) is 39.2 Å². The minimum atomic E-state index is -2.99. The maximum atomic E-state index is 11.1. The lowest BCUT2D eigenvalue weighted by molar-refractivity contribution is -0.140. The summed E-state index contributed by atoms with van der Waals surface area (Å²) in [6.45, 7) is 0. The first kappa shape index (κ1) is 18.8. The normalized spacial score (nSPS) is 15.0. The number of nitrogens with one attached hydrogen (secondary N) is 1. The van der Waals surface area contributed by atoms with Crippen LogP contribution in [0.3, 0.4) is 0 Å². The van der Waals surface area contributed by atoms with Gasteiger partial charge in [-0.05, 0) is 24.8 Å². The van der Waals surface area contributed by atoms with E-state index in [1.165, 1.54) is 0 Å². The van der Waals surface area contributed by atoms with Crippen molar-refractivity contribution in [2.45, 2.75) is 31.7 Å². The first-order valence-electron chi connectivity index (χ1n) is 6.88. The van der Waals surface area contributed by atoms with Crippen molar-refractivity contribution in [2.75, 3.05) is 6.16 Å². The van der Waals surface area contributed by atoms with E-state index in [-0.39, 0.29) is 12.8 Å². The Bertz CT molecular complexity index is 551. The Morgan fingerprint density at radius 1 is 1.23 bits per heavy atom. The molecule has 1 aromatic carbocycles. The van der Waals surface area contributed by atoms with E-state index in [4.69, 9.17) is 22.0 Å². The number of hydrogen-bond acceptors (Lipinski definition) is 3. The van der Waals surface area contributed by atoms with Crippen LogP contribution in [0.4, 0.5) is 0 Å². The van der Waals surface area contributed by atoms with Gasteiger partial charge in [-0.3, -0.25) is 14.7 Å². The summed E-state index contributed by atoms with van der Waals surface area (Å²) in [7, 11) is 0. The summed E-state index contributed by atoms with van der Waals surface area (Å²) < 4.78 is 0. The van der Waals surface area contributed by atoms with Gasteiger partial charge >= 0.3 is 11.9 Å². The molecule has 0 aliphatic carbocycles. The maximum Gasteiger partial charge on any atom is 0.321 e. The topological polar surface area (TPSA) is 107 Å². The molecule has 122 valence electrons. The largest absolute Gasteiger partial charge is 0.481 e. The molecule has 0 amide bonds. The molecule has 2 atom stereocenters.